The highest BCUT2D eigenvalue weighted by molar-refractivity contribution is 7.99. The van der Waals surface area contributed by atoms with Crippen LogP contribution in [-0.4, -0.2) is 25.7 Å². The molecule has 0 aliphatic rings. The Morgan fingerprint density at radius 3 is 2.35 bits per heavy atom. The summed E-state index contributed by atoms with van der Waals surface area (Å²) in [5, 5.41) is 11.4. The maximum atomic E-state index is 12.8. The monoisotopic (exact) mass is 387 g/mol. The zero-order valence-corrected chi connectivity index (χ0v) is 15.5. The van der Waals surface area contributed by atoms with E-state index in [0.717, 1.165) is 10.8 Å². The van der Waals surface area contributed by atoms with Gasteiger partial charge in [-0.05, 0) is 40.8 Å². The minimum Gasteiger partial charge on any atom is -0.480 e. The van der Waals surface area contributed by atoms with E-state index in [2.05, 4.69) is 4.72 Å². The zero-order chi connectivity index (χ0) is 18.7. The number of carbonyl (C=O) groups is 1. The van der Waals surface area contributed by atoms with Crippen LogP contribution in [0.2, 0.25) is 0 Å². The number of benzene rings is 3. The second kappa shape index (κ2) is 7.49. The summed E-state index contributed by atoms with van der Waals surface area (Å²) in [6.45, 7) is 0. The molecule has 0 saturated heterocycles. The van der Waals surface area contributed by atoms with Crippen molar-refractivity contribution in [3.8, 4) is 0 Å². The van der Waals surface area contributed by atoms with Crippen molar-refractivity contribution in [3.63, 3.8) is 0 Å². The second-order valence-corrected chi connectivity index (χ2v) is 8.18. The molecule has 0 aromatic heterocycles. The van der Waals surface area contributed by atoms with E-state index in [0.29, 0.717) is 10.5 Å². The second-order valence-electron chi connectivity index (χ2n) is 5.65. The zero-order valence-electron chi connectivity index (χ0n) is 13.9. The van der Waals surface area contributed by atoms with Crippen LogP contribution in [0.15, 0.2) is 76.5 Å². The Morgan fingerprint density at radius 2 is 1.65 bits per heavy atom. The number of carboxylic acids is 1. The molecule has 3 rings (SSSR count). The van der Waals surface area contributed by atoms with Crippen molar-refractivity contribution in [2.24, 2.45) is 0 Å². The molecule has 5 nitrogen and oxygen atoms in total. The molecule has 0 aliphatic heterocycles. The molecule has 0 spiro atoms. The van der Waals surface area contributed by atoms with Gasteiger partial charge >= 0.3 is 5.97 Å². The Morgan fingerprint density at radius 1 is 1.00 bits per heavy atom. The van der Waals surface area contributed by atoms with Crippen molar-refractivity contribution in [2.45, 2.75) is 15.8 Å². The van der Waals surface area contributed by atoms with Crippen LogP contribution < -0.4 is 4.72 Å². The van der Waals surface area contributed by atoms with Crippen LogP contribution in [0.1, 0.15) is 11.6 Å². The minimum atomic E-state index is -4.00. The van der Waals surface area contributed by atoms with E-state index in [1.165, 1.54) is 17.8 Å². The van der Waals surface area contributed by atoms with E-state index in [1.54, 1.807) is 42.7 Å². The van der Waals surface area contributed by atoms with E-state index in [-0.39, 0.29) is 4.90 Å². The summed E-state index contributed by atoms with van der Waals surface area (Å²) in [6.07, 6.45) is 1.77. The smallest absolute Gasteiger partial charge is 0.326 e. The SMILES string of the molecule is CSc1ccccc1S(=O)(=O)NC(C(=O)O)c1ccc2ccccc2c1. The van der Waals surface area contributed by atoms with Crippen molar-refractivity contribution in [2.75, 3.05) is 6.26 Å². The van der Waals surface area contributed by atoms with Crippen molar-refractivity contribution in [3.05, 3.63) is 72.3 Å². The number of rotatable bonds is 6. The summed E-state index contributed by atoms with van der Waals surface area (Å²) in [4.78, 5) is 12.4. The molecule has 0 radical (unpaired) electrons. The lowest BCUT2D eigenvalue weighted by Gasteiger charge is -2.17. The average molecular weight is 387 g/mol. The summed E-state index contributed by atoms with van der Waals surface area (Å²) < 4.78 is 27.9. The molecular weight excluding hydrogens is 370 g/mol. The maximum absolute atomic E-state index is 12.8. The summed E-state index contributed by atoms with van der Waals surface area (Å²) in [7, 11) is -4.00. The van der Waals surface area contributed by atoms with Crippen LogP contribution in [0.4, 0.5) is 0 Å². The largest absolute Gasteiger partial charge is 0.480 e. The van der Waals surface area contributed by atoms with E-state index < -0.39 is 22.0 Å². The molecule has 0 amide bonds. The van der Waals surface area contributed by atoms with Gasteiger partial charge in [-0.3, -0.25) is 4.79 Å². The van der Waals surface area contributed by atoms with Gasteiger partial charge in [0, 0.05) is 4.90 Å². The van der Waals surface area contributed by atoms with Gasteiger partial charge in [-0.2, -0.15) is 4.72 Å². The highest BCUT2D eigenvalue weighted by Crippen LogP contribution is 2.27. The van der Waals surface area contributed by atoms with Crippen molar-refractivity contribution < 1.29 is 18.3 Å². The molecule has 26 heavy (non-hydrogen) atoms. The molecule has 2 N–H and O–H groups in total. The third-order valence-electron chi connectivity index (χ3n) is 3.99. The summed E-state index contributed by atoms with van der Waals surface area (Å²) in [5.41, 5.74) is 0.376. The quantitative estimate of drug-likeness (QED) is 0.631. The van der Waals surface area contributed by atoms with Gasteiger partial charge in [0.15, 0.2) is 0 Å². The lowest BCUT2D eigenvalue weighted by atomic mass is 10.0. The standard InChI is InChI=1S/C19H17NO4S2/c1-25-16-8-4-5-9-17(16)26(23,24)20-18(19(21)22)15-11-10-13-6-2-3-7-14(13)12-15/h2-12,18,20H,1H3,(H,21,22). The molecular formula is C19H17NO4S2. The minimum absolute atomic E-state index is 0.0690. The fraction of sp³-hybridized carbons (Fsp3) is 0.105. The topological polar surface area (TPSA) is 83.5 Å². The molecule has 3 aromatic rings. The first-order valence-electron chi connectivity index (χ1n) is 7.79. The van der Waals surface area contributed by atoms with Crippen LogP contribution in [0.5, 0.6) is 0 Å². The van der Waals surface area contributed by atoms with E-state index >= 15 is 0 Å². The van der Waals surface area contributed by atoms with Gasteiger partial charge in [0.1, 0.15) is 6.04 Å². The average Bonchev–Trinajstić information content (AvgIpc) is 2.65. The van der Waals surface area contributed by atoms with Gasteiger partial charge in [0.25, 0.3) is 0 Å². The third kappa shape index (κ3) is 3.75. The van der Waals surface area contributed by atoms with Gasteiger partial charge in [-0.15, -0.1) is 11.8 Å². The Kier molecular flexibility index (Phi) is 5.31. The molecule has 1 unspecified atom stereocenters. The fourth-order valence-corrected chi connectivity index (χ4v) is 5.04. The first-order chi connectivity index (χ1) is 12.4. The molecule has 1 atom stereocenters. The van der Waals surface area contributed by atoms with Crippen molar-refractivity contribution >= 4 is 38.5 Å². The molecule has 0 bridgehead atoms. The predicted molar refractivity (Wildman–Crippen MR) is 103 cm³/mol. The van der Waals surface area contributed by atoms with Gasteiger partial charge in [-0.25, -0.2) is 8.42 Å². The normalized spacial score (nSPS) is 12.8. The summed E-state index contributed by atoms with van der Waals surface area (Å²) in [5.74, 6) is -1.26. The Bertz CT molecular complexity index is 1060. The van der Waals surface area contributed by atoms with Crippen LogP contribution in [0, 0.1) is 0 Å². The number of thioether (sulfide) groups is 1. The summed E-state index contributed by atoms with van der Waals surface area (Å²) >= 11 is 1.29. The van der Waals surface area contributed by atoms with E-state index in [4.69, 9.17) is 0 Å². The number of hydrogen-bond donors (Lipinski definition) is 2. The van der Waals surface area contributed by atoms with E-state index in [9.17, 15) is 18.3 Å². The Balaban J connectivity index is 2.01. The number of hydrogen-bond acceptors (Lipinski definition) is 4. The van der Waals surface area contributed by atoms with Crippen LogP contribution >= 0.6 is 11.8 Å². The van der Waals surface area contributed by atoms with Gasteiger partial charge in [-0.1, -0.05) is 48.5 Å². The molecule has 0 aliphatic carbocycles. The first kappa shape index (κ1) is 18.4. The molecule has 0 fully saturated rings. The van der Waals surface area contributed by atoms with Gasteiger partial charge < -0.3 is 5.11 Å². The highest BCUT2D eigenvalue weighted by Gasteiger charge is 2.28. The predicted octanol–water partition coefficient (Wildman–Crippen LogP) is 3.67. The van der Waals surface area contributed by atoms with Gasteiger partial charge in [0.05, 0.1) is 4.90 Å². The number of sulfonamides is 1. The lowest BCUT2D eigenvalue weighted by molar-refractivity contribution is -0.139. The van der Waals surface area contributed by atoms with Crippen LogP contribution in [-0.2, 0) is 14.8 Å². The first-order valence-corrected chi connectivity index (χ1v) is 10.5. The third-order valence-corrected chi connectivity index (χ3v) is 6.39. The van der Waals surface area contributed by atoms with Crippen LogP contribution in [0.25, 0.3) is 10.8 Å². The fourth-order valence-electron chi connectivity index (χ4n) is 2.71. The molecule has 0 saturated carbocycles. The number of aliphatic carboxylic acids is 1. The number of nitrogens with one attached hydrogen (secondary N) is 1. The number of carboxylic acid groups (broad SMARTS) is 1. The van der Waals surface area contributed by atoms with Crippen molar-refractivity contribution in [1.82, 2.24) is 4.72 Å². The maximum Gasteiger partial charge on any atom is 0.326 e. The number of fused-ring (bicyclic) bond motifs is 1. The highest BCUT2D eigenvalue weighted by atomic mass is 32.2. The molecule has 7 heteroatoms. The van der Waals surface area contributed by atoms with Crippen LogP contribution in [0.3, 0.4) is 0 Å². The Labute approximate surface area is 156 Å². The molecule has 0 heterocycles. The molecule has 3 aromatic carbocycles. The summed E-state index contributed by atoms with van der Waals surface area (Å²) in [6, 6.07) is 17.7. The van der Waals surface area contributed by atoms with E-state index in [1.807, 2.05) is 24.3 Å². The molecule has 134 valence electrons. The Hall–Kier alpha value is -2.35. The lowest BCUT2D eigenvalue weighted by Crippen LogP contribution is -2.34. The van der Waals surface area contributed by atoms with Gasteiger partial charge in [0.2, 0.25) is 10.0 Å². The van der Waals surface area contributed by atoms with Crippen molar-refractivity contribution in [1.29, 1.82) is 0 Å².